The third-order valence-corrected chi connectivity index (χ3v) is 3.50. The van der Waals surface area contributed by atoms with Gasteiger partial charge in [-0.1, -0.05) is 24.3 Å². The third kappa shape index (κ3) is 2.90. The van der Waals surface area contributed by atoms with E-state index in [1.165, 1.54) is 0 Å². The van der Waals surface area contributed by atoms with Gasteiger partial charge in [-0.2, -0.15) is 0 Å². The number of nitrogens with two attached hydrogens (primary N) is 1. The summed E-state index contributed by atoms with van der Waals surface area (Å²) in [4.78, 5) is 12.1. The highest BCUT2D eigenvalue weighted by Crippen LogP contribution is 2.26. The number of anilines is 1. The van der Waals surface area contributed by atoms with Gasteiger partial charge in [-0.25, -0.2) is 0 Å². The van der Waals surface area contributed by atoms with E-state index in [-0.39, 0.29) is 24.2 Å². The molecule has 1 fully saturated rings. The molecule has 1 aliphatic carbocycles. The van der Waals surface area contributed by atoms with Gasteiger partial charge in [0, 0.05) is 17.3 Å². The van der Waals surface area contributed by atoms with Crippen LogP contribution in [0.15, 0.2) is 36.4 Å². The molecule has 2 aliphatic rings. The van der Waals surface area contributed by atoms with Crippen molar-refractivity contribution in [3.05, 3.63) is 42.0 Å². The number of nitrogens with one attached hydrogen (secondary N) is 1. The van der Waals surface area contributed by atoms with Gasteiger partial charge < -0.3 is 20.5 Å². The van der Waals surface area contributed by atoms with Crippen LogP contribution in [0.4, 0.5) is 5.69 Å². The Hall–Kier alpha value is -1.69. The SMILES string of the molecule is NC1C=CC(C(=O)Nc2cccc(C3OCCO3)c2)C1. The minimum atomic E-state index is -0.327. The molecular formula is C15H18N2O3. The van der Waals surface area contributed by atoms with Gasteiger partial charge in [0.05, 0.1) is 19.1 Å². The Kier molecular flexibility index (Phi) is 3.82. The molecule has 2 atom stereocenters. The van der Waals surface area contributed by atoms with E-state index in [1.54, 1.807) is 0 Å². The predicted molar refractivity (Wildman–Crippen MR) is 74.9 cm³/mol. The van der Waals surface area contributed by atoms with Crippen LogP contribution in [0.3, 0.4) is 0 Å². The number of hydrogen-bond acceptors (Lipinski definition) is 4. The molecule has 1 heterocycles. The topological polar surface area (TPSA) is 73.6 Å². The molecule has 0 saturated carbocycles. The van der Waals surface area contributed by atoms with Gasteiger partial charge >= 0.3 is 0 Å². The minimum Gasteiger partial charge on any atom is -0.346 e. The second-order valence-corrected chi connectivity index (χ2v) is 5.08. The number of benzene rings is 1. The van der Waals surface area contributed by atoms with E-state index >= 15 is 0 Å². The first-order valence-electron chi connectivity index (χ1n) is 6.80. The fourth-order valence-electron chi connectivity index (χ4n) is 2.47. The number of rotatable bonds is 3. The fraction of sp³-hybridized carbons (Fsp3) is 0.400. The summed E-state index contributed by atoms with van der Waals surface area (Å²) in [6.07, 6.45) is 4.08. The van der Waals surface area contributed by atoms with Crippen LogP contribution in [0.2, 0.25) is 0 Å². The Labute approximate surface area is 117 Å². The van der Waals surface area contributed by atoms with E-state index in [4.69, 9.17) is 15.2 Å². The van der Waals surface area contributed by atoms with Crippen molar-refractivity contribution in [1.29, 1.82) is 0 Å². The molecule has 0 radical (unpaired) electrons. The maximum absolute atomic E-state index is 12.1. The summed E-state index contributed by atoms with van der Waals surface area (Å²) in [6.45, 7) is 1.21. The van der Waals surface area contributed by atoms with Gasteiger partial charge in [-0.15, -0.1) is 0 Å². The maximum atomic E-state index is 12.1. The summed E-state index contributed by atoms with van der Waals surface area (Å²) in [5.74, 6) is -0.174. The summed E-state index contributed by atoms with van der Waals surface area (Å²) in [6, 6.07) is 7.53. The molecule has 3 N–H and O–H groups in total. The van der Waals surface area contributed by atoms with Crippen LogP contribution in [0.5, 0.6) is 0 Å². The molecule has 1 aliphatic heterocycles. The Morgan fingerprint density at radius 2 is 2.05 bits per heavy atom. The summed E-state index contributed by atoms with van der Waals surface area (Å²) in [7, 11) is 0. The van der Waals surface area contributed by atoms with E-state index in [2.05, 4.69) is 5.32 Å². The number of carbonyl (C=O) groups excluding carboxylic acids is 1. The lowest BCUT2D eigenvalue weighted by Crippen LogP contribution is -2.24. The second kappa shape index (κ2) is 5.75. The van der Waals surface area contributed by atoms with E-state index < -0.39 is 0 Å². The normalized spacial score (nSPS) is 26.1. The lowest BCUT2D eigenvalue weighted by Gasteiger charge is -2.13. The van der Waals surface area contributed by atoms with Crippen molar-refractivity contribution in [2.24, 2.45) is 11.7 Å². The Morgan fingerprint density at radius 3 is 2.75 bits per heavy atom. The summed E-state index contributed by atoms with van der Waals surface area (Å²) in [5, 5.41) is 2.91. The van der Waals surface area contributed by atoms with Gasteiger partial charge in [-0.3, -0.25) is 4.79 Å². The van der Waals surface area contributed by atoms with Crippen molar-refractivity contribution in [3.63, 3.8) is 0 Å². The molecule has 5 nitrogen and oxygen atoms in total. The van der Waals surface area contributed by atoms with E-state index in [0.29, 0.717) is 19.6 Å². The summed E-state index contributed by atoms with van der Waals surface area (Å²) < 4.78 is 10.9. The highest BCUT2D eigenvalue weighted by Gasteiger charge is 2.23. The molecule has 1 amide bonds. The molecule has 0 spiro atoms. The lowest BCUT2D eigenvalue weighted by atomic mass is 10.1. The van der Waals surface area contributed by atoms with Gasteiger partial charge in [0.25, 0.3) is 0 Å². The van der Waals surface area contributed by atoms with Gasteiger partial charge in [0.1, 0.15) is 0 Å². The largest absolute Gasteiger partial charge is 0.346 e. The fourth-order valence-corrected chi connectivity index (χ4v) is 2.47. The average molecular weight is 274 g/mol. The Morgan fingerprint density at radius 1 is 1.25 bits per heavy atom. The van der Waals surface area contributed by atoms with E-state index in [9.17, 15) is 4.79 Å². The molecule has 5 heteroatoms. The highest BCUT2D eigenvalue weighted by molar-refractivity contribution is 5.94. The third-order valence-electron chi connectivity index (χ3n) is 3.50. The molecule has 0 aromatic heterocycles. The summed E-state index contributed by atoms with van der Waals surface area (Å²) in [5.41, 5.74) is 7.43. The number of amides is 1. The average Bonchev–Trinajstić information content (AvgIpc) is 3.10. The minimum absolute atomic E-state index is 0.0163. The number of carbonyl (C=O) groups is 1. The van der Waals surface area contributed by atoms with Gasteiger partial charge in [-0.05, 0) is 18.6 Å². The van der Waals surface area contributed by atoms with Crippen LogP contribution in [0, 0.1) is 5.92 Å². The molecule has 3 rings (SSSR count). The first-order valence-corrected chi connectivity index (χ1v) is 6.80. The molecule has 106 valence electrons. The maximum Gasteiger partial charge on any atom is 0.231 e. The Bertz CT molecular complexity index is 524. The van der Waals surface area contributed by atoms with Crippen LogP contribution in [0.1, 0.15) is 18.3 Å². The van der Waals surface area contributed by atoms with Crippen molar-refractivity contribution in [3.8, 4) is 0 Å². The molecule has 1 aromatic carbocycles. The number of ether oxygens (including phenoxy) is 2. The Balaban J connectivity index is 1.66. The predicted octanol–water partition coefficient (Wildman–Crippen LogP) is 1.57. The monoisotopic (exact) mass is 274 g/mol. The van der Waals surface area contributed by atoms with E-state index in [1.807, 2.05) is 36.4 Å². The molecule has 1 aromatic rings. The van der Waals surface area contributed by atoms with Gasteiger partial charge in [0.2, 0.25) is 5.91 Å². The van der Waals surface area contributed by atoms with Gasteiger partial charge in [0.15, 0.2) is 6.29 Å². The second-order valence-electron chi connectivity index (χ2n) is 5.08. The molecule has 0 bridgehead atoms. The molecule has 2 unspecified atom stereocenters. The van der Waals surface area contributed by atoms with Crippen LogP contribution in [-0.2, 0) is 14.3 Å². The van der Waals surface area contributed by atoms with Crippen LogP contribution in [-0.4, -0.2) is 25.2 Å². The quantitative estimate of drug-likeness (QED) is 0.821. The molecule has 1 saturated heterocycles. The number of hydrogen-bond donors (Lipinski definition) is 2. The van der Waals surface area contributed by atoms with Crippen molar-refractivity contribution in [1.82, 2.24) is 0 Å². The van der Waals surface area contributed by atoms with Crippen molar-refractivity contribution in [2.75, 3.05) is 18.5 Å². The molecular weight excluding hydrogens is 256 g/mol. The standard InChI is InChI=1S/C15H18N2O3/c16-12-5-4-10(8-12)14(18)17-13-3-1-2-11(9-13)15-19-6-7-20-15/h1-5,9-10,12,15H,6-8,16H2,(H,17,18). The van der Waals surface area contributed by atoms with Crippen LogP contribution < -0.4 is 11.1 Å². The smallest absolute Gasteiger partial charge is 0.231 e. The first kappa shape index (κ1) is 13.3. The van der Waals surface area contributed by atoms with Crippen LogP contribution >= 0.6 is 0 Å². The first-order chi connectivity index (χ1) is 9.72. The zero-order chi connectivity index (χ0) is 13.9. The van der Waals surface area contributed by atoms with Crippen molar-refractivity contribution >= 4 is 11.6 Å². The van der Waals surface area contributed by atoms with E-state index in [0.717, 1.165) is 11.3 Å². The van der Waals surface area contributed by atoms with Crippen LogP contribution in [0.25, 0.3) is 0 Å². The van der Waals surface area contributed by atoms with Crippen molar-refractivity contribution < 1.29 is 14.3 Å². The zero-order valence-corrected chi connectivity index (χ0v) is 11.1. The summed E-state index contributed by atoms with van der Waals surface area (Å²) >= 11 is 0. The van der Waals surface area contributed by atoms with Crippen molar-refractivity contribution in [2.45, 2.75) is 18.8 Å². The molecule has 20 heavy (non-hydrogen) atoms. The zero-order valence-electron chi connectivity index (χ0n) is 11.1. The highest BCUT2D eigenvalue weighted by atomic mass is 16.7. The lowest BCUT2D eigenvalue weighted by molar-refractivity contribution is -0.118.